The molecular weight excluding hydrogens is 344 g/mol. The SMILES string of the molecule is COc1ccc(-c2cnc(N3CC4(CN5CCC4CC5)OC3N)cn2)cn1. The first-order valence-corrected chi connectivity index (χ1v) is 9.42. The van der Waals surface area contributed by atoms with E-state index in [4.69, 9.17) is 15.2 Å². The van der Waals surface area contributed by atoms with Gasteiger partial charge in [0.05, 0.1) is 31.7 Å². The van der Waals surface area contributed by atoms with Gasteiger partial charge in [0.2, 0.25) is 5.88 Å². The van der Waals surface area contributed by atoms with Gasteiger partial charge in [0.25, 0.3) is 0 Å². The molecule has 4 aliphatic heterocycles. The summed E-state index contributed by atoms with van der Waals surface area (Å²) in [5.74, 6) is 1.91. The first-order chi connectivity index (χ1) is 13.2. The summed E-state index contributed by atoms with van der Waals surface area (Å²) in [5, 5.41) is 0. The Hall–Kier alpha value is -2.29. The average Bonchev–Trinajstić information content (AvgIpc) is 3.04. The summed E-state index contributed by atoms with van der Waals surface area (Å²) in [5.41, 5.74) is 7.81. The lowest BCUT2D eigenvalue weighted by molar-refractivity contribution is -0.137. The molecule has 1 spiro atoms. The van der Waals surface area contributed by atoms with Gasteiger partial charge in [0, 0.05) is 24.4 Å². The summed E-state index contributed by atoms with van der Waals surface area (Å²) in [7, 11) is 1.60. The smallest absolute Gasteiger partial charge is 0.212 e. The highest BCUT2D eigenvalue weighted by molar-refractivity contribution is 5.58. The Kier molecular flexibility index (Phi) is 3.99. The number of piperidine rings is 3. The van der Waals surface area contributed by atoms with Crippen molar-refractivity contribution in [3.63, 3.8) is 0 Å². The number of aromatic nitrogens is 3. The van der Waals surface area contributed by atoms with Crippen molar-refractivity contribution in [2.24, 2.45) is 11.7 Å². The van der Waals surface area contributed by atoms with Gasteiger partial charge < -0.3 is 19.3 Å². The molecule has 0 amide bonds. The molecule has 6 rings (SSSR count). The number of nitrogens with zero attached hydrogens (tertiary/aromatic N) is 5. The van der Waals surface area contributed by atoms with Crippen LogP contribution in [-0.4, -0.2) is 65.1 Å². The molecule has 0 saturated carbocycles. The lowest BCUT2D eigenvalue weighted by Crippen LogP contribution is -2.61. The molecule has 0 aromatic carbocycles. The van der Waals surface area contributed by atoms with E-state index in [1.165, 1.54) is 25.9 Å². The number of methoxy groups -OCH3 is 1. The molecule has 27 heavy (non-hydrogen) atoms. The van der Waals surface area contributed by atoms with Crippen molar-refractivity contribution in [1.29, 1.82) is 0 Å². The summed E-state index contributed by atoms with van der Waals surface area (Å²) in [4.78, 5) is 17.9. The molecule has 2 atom stereocenters. The number of fused-ring (bicyclic) bond motifs is 2. The second-order valence-electron chi connectivity index (χ2n) is 7.60. The van der Waals surface area contributed by atoms with Crippen molar-refractivity contribution in [2.75, 3.05) is 38.2 Å². The van der Waals surface area contributed by atoms with Crippen LogP contribution < -0.4 is 15.4 Å². The summed E-state index contributed by atoms with van der Waals surface area (Å²) < 4.78 is 11.4. The predicted octanol–water partition coefficient (Wildman–Crippen LogP) is 1.09. The first kappa shape index (κ1) is 16.9. The Balaban J connectivity index is 1.35. The van der Waals surface area contributed by atoms with Crippen molar-refractivity contribution in [3.05, 3.63) is 30.7 Å². The zero-order valence-corrected chi connectivity index (χ0v) is 15.4. The van der Waals surface area contributed by atoms with Crippen LogP contribution in [0.1, 0.15) is 12.8 Å². The minimum atomic E-state index is -0.478. The van der Waals surface area contributed by atoms with Crippen molar-refractivity contribution in [2.45, 2.75) is 24.8 Å². The molecule has 2 bridgehead atoms. The standard InChI is InChI=1S/C19H24N6O2/c1-26-17-3-2-13(8-23-17)15-9-22-16(10-21-15)25-12-19(27-18(25)20)11-24-6-4-14(19)5-7-24/h2-3,8-10,14,18H,4-7,11-12,20H2,1H3. The molecule has 142 valence electrons. The van der Waals surface area contributed by atoms with Crippen molar-refractivity contribution in [1.82, 2.24) is 19.9 Å². The van der Waals surface area contributed by atoms with Gasteiger partial charge in [-0.1, -0.05) is 0 Å². The van der Waals surface area contributed by atoms with Crippen LogP contribution in [0, 0.1) is 5.92 Å². The van der Waals surface area contributed by atoms with E-state index in [9.17, 15) is 0 Å². The highest BCUT2D eigenvalue weighted by Gasteiger charge is 2.54. The van der Waals surface area contributed by atoms with Gasteiger partial charge in [-0.05, 0) is 37.9 Å². The van der Waals surface area contributed by atoms with Gasteiger partial charge in [-0.25, -0.2) is 9.97 Å². The highest BCUT2D eigenvalue weighted by Crippen LogP contribution is 2.43. The number of hydrogen-bond acceptors (Lipinski definition) is 8. The monoisotopic (exact) mass is 368 g/mol. The van der Waals surface area contributed by atoms with E-state index in [0.717, 1.165) is 30.2 Å². The molecule has 8 heteroatoms. The largest absolute Gasteiger partial charge is 0.481 e. The Bertz CT molecular complexity index is 806. The van der Waals surface area contributed by atoms with Gasteiger partial charge in [-0.2, -0.15) is 0 Å². The second-order valence-corrected chi connectivity index (χ2v) is 7.60. The Labute approximate surface area is 158 Å². The number of ether oxygens (including phenoxy) is 2. The maximum absolute atomic E-state index is 6.32. The zero-order valence-electron chi connectivity index (χ0n) is 15.4. The molecule has 2 N–H and O–H groups in total. The first-order valence-electron chi connectivity index (χ1n) is 9.42. The molecule has 8 nitrogen and oxygen atoms in total. The van der Waals surface area contributed by atoms with E-state index in [1.807, 2.05) is 17.0 Å². The molecule has 4 fully saturated rings. The molecule has 2 aromatic rings. The maximum Gasteiger partial charge on any atom is 0.212 e. The van der Waals surface area contributed by atoms with Gasteiger partial charge >= 0.3 is 0 Å². The molecule has 2 unspecified atom stereocenters. The highest BCUT2D eigenvalue weighted by atomic mass is 16.6. The molecule has 4 saturated heterocycles. The van der Waals surface area contributed by atoms with E-state index in [-0.39, 0.29) is 5.60 Å². The van der Waals surface area contributed by atoms with Crippen LogP contribution in [0.3, 0.4) is 0 Å². The van der Waals surface area contributed by atoms with Crippen molar-refractivity contribution < 1.29 is 9.47 Å². The Morgan fingerprint density at radius 1 is 1.11 bits per heavy atom. The van der Waals surface area contributed by atoms with Crippen LogP contribution in [-0.2, 0) is 4.74 Å². The lowest BCUT2D eigenvalue weighted by atomic mass is 9.75. The third kappa shape index (κ3) is 2.84. The fraction of sp³-hybridized carbons (Fsp3) is 0.526. The lowest BCUT2D eigenvalue weighted by Gasteiger charge is -2.50. The average molecular weight is 368 g/mol. The number of anilines is 1. The summed E-state index contributed by atoms with van der Waals surface area (Å²) in [6.45, 7) is 4.09. The van der Waals surface area contributed by atoms with Crippen LogP contribution in [0.15, 0.2) is 30.7 Å². The normalized spacial score (nSPS) is 32.2. The van der Waals surface area contributed by atoms with E-state index < -0.39 is 6.35 Å². The van der Waals surface area contributed by atoms with E-state index >= 15 is 0 Å². The van der Waals surface area contributed by atoms with Gasteiger partial charge in [0.15, 0.2) is 6.35 Å². The van der Waals surface area contributed by atoms with Crippen LogP contribution in [0.5, 0.6) is 5.88 Å². The molecule has 0 aliphatic carbocycles. The second kappa shape index (κ2) is 6.40. The Morgan fingerprint density at radius 2 is 1.96 bits per heavy atom. The van der Waals surface area contributed by atoms with Gasteiger partial charge in [-0.15, -0.1) is 0 Å². The van der Waals surface area contributed by atoms with E-state index in [0.29, 0.717) is 11.8 Å². The molecule has 0 radical (unpaired) electrons. The number of rotatable bonds is 3. The van der Waals surface area contributed by atoms with Crippen LogP contribution >= 0.6 is 0 Å². The van der Waals surface area contributed by atoms with E-state index in [2.05, 4.69) is 19.9 Å². The van der Waals surface area contributed by atoms with Crippen LogP contribution in [0.25, 0.3) is 11.3 Å². The third-order valence-electron chi connectivity index (χ3n) is 6.10. The van der Waals surface area contributed by atoms with Gasteiger partial charge in [-0.3, -0.25) is 10.7 Å². The van der Waals surface area contributed by atoms with Crippen molar-refractivity contribution >= 4 is 5.82 Å². The quantitative estimate of drug-likeness (QED) is 0.861. The fourth-order valence-electron chi connectivity index (χ4n) is 4.64. The van der Waals surface area contributed by atoms with Gasteiger partial charge in [0.1, 0.15) is 11.4 Å². The minimum Gasteiger partial charge on any atom is -0.481 e. The topological polar surface area (TPSA) is 89.6 Å². The zero-order chi connectivity index (χ0) is 18.4. The van der Waals surface area contributed by atoms with Crippen molar-refractivity contribution in [3.8, 4) is 17.1 Å². The number of nitrogens with two attached hydrogens (primary N) is 1. The number of hydrogen-bond donors (Lipinski definition) is 1. The third-order valence-corrected chi connectivity index (χ3v) is 6.10. The van der Waals surface area contributed by atoms with Crippen LogP contribution in [0.2, 0.25) is 0 Å². The molecular formula is C19H24N6O2. The molecule has 2 aromatic heterocycles. The Morgan fingerprint density at radius 3 is 2.56 bits per heavy atom. The summed E-state index contributed by atoms with van der Waals surface area (Å²) in [6, 6.07) is 3.73. The van der Waals surface area contributed by atoms with E-state index in [1.54, 1.807) is 25.7 Å². The minimum absolute atomic E-state index is 0.170. The maximum atomic E-state index is 6.32. The van der Waals surface area contributed by atoms with Crippen LogP contribution in [0.4, 0.5) is 5.82 Å². The fourth-order valence-corrected chi connectivity index (χ4v) is 4.64. The predicted molar refractivity (Wildman–Crippen MR) is 100 cm³/mol. The molecule has 4 aliphatic rings. The summed E-state index contributed by atoms with van der Waals surface area (Å²) in [6.07, 6.45) is 7.16. The summed E-state index contributed by atoms with van der Waals surface area (Å²) >= 11 is 0. The molecule has 6 heterocycles. The number of pyridine rings is 1.